The van der Waals surface area contributed by atoms with Crippen LogP contribution in [0.25, 0.3) is 22.2 Å². The van der Waals surface area contributed by atoms with Crippen LogP contribution >= 0.6 is 15.9 Å². The van der Waals surface area contributed by atoms with Crippen molar-refractivity contribution in [3.8, 4) is 11.3 Å². The van der Waals surface area contributed by atoms with Crippen LogP contribution in [0.1, 0.15) is 56.0 Å². The molecule has 38 heavy (non-hydrogen) atoms. The van der Waals surface area contributed by atoms with Gasteiger partial charge < -0.3 is 25.0 Å². The molecule has 3 heterocycles. The number of likely N-dealkylation sites (tertiary alicyclic amines) is 1. The van der Waals surface area contributed by atoms with Crippen molar-refractivity contribution >= 4 is 44.8 Å². The minimum atomic E-state index is -4.73. The lowest BCUT2D eigenvalue weighted by Gasteiger charge is -2.28. The van der Waals surface area contributed by atoms with Crippen molar-refractivity contribution in [1.29, 1.82) is 0 Å². The summed E-state index contributed by atoms with van der Waals surface area (Å²) in [6, 6.07) is 2.45. The van der Waals surface area contributed by atoms with Crippen molar-refractivity contribution in [2.75, 3.05) is 18.4 Å². The number of carbonyl (C=O) groups is 2. The van der Waals surface area contributed by atoms with Gasteiger partial charge in [-0.3, -0.25) is 0 Å². The summed E-state index contributed by atoms with van der Waals surface area (Å²) in [5, 5.41) is 12.8. The zero-order valence-electron chi connectivity index (χ0n) is 20.9. The molecule has 2 aromatic heterocycles. The van der Waals surface area contributed by atoms with E-state index in [1.54, 1.807) is 25.7 Å². The number of hydrogen-bond acceptors (Lipinski definition) is 6. The molecule has 3 N–H and O–H groups in total. The van der Waals surface area contributed by atoms with Crippen molar-refractivity contribution in [3.63, 3.8) is 0 Å². The first-order valence-electron chi connectivity index (χ1n) is 12.0. The molecule has 1 amide bonds. The third kappa shape index (κ3) is 6.03. The van der Waals surface area contributed by atoms with Gasteiger partial charge in [-0.25, -0.2) is 19.6 Å². The second-order valence-corrected chi connectivity index (χ2v) is 10.9. The highest BCUT2D eigenvalue weighted by molar-refractivity contribution is 9.10. The van der Waals surface area contributed by atoms with E-state index >= 15 is 0 Å². The molecular formula is C25H27BrF3N5O4. The van der Waals surface area contributed by atoms with Crippen LogP contribution in [0.15, 0.2) is 29.0 Å². The van der Waals surface area contributed by atoms with E-state index in [2.05, 4.69) is 36.2 Å². The minimum absolute atomic E-state index is 0.0142. The molecule has 13 heteroatoms. The minimum Gasteiger partial charge on any atom is -0.478 e. The zero-order chi connectivity index (χ0) is 27.8. The number of hydrogen-bond donors (Lipinski definition) is 3. The summed E-state index contributed by atoms with van der Waals surface area (Å²) in [7, 11) is 0. The van der Waals surface area contributed by atoms with Crippen LogP contribution in [-0.4, -0.2) is 61.8 Å². The standard InChI is InChI=1S/C25H27BrF3N5O4/c1-24(2,3)38-23(37)34-9-5-4-6-13(12-34)32-22-31-11-17(25(27,28)29)19(33-22)16-10-30-20-14(16)7-8-15(18(20)26)21(35)36/h7-8,10-11,13,30H,4-6,9,12H2,1-3H3,(H,35,36)(H,31,32,33)/t13-/m0/s1. The first-order chi connectivity index (χ1) is 17.7. The second-order valence-electron chi connectivity index (χ2n) is 10.1. The summed E-state index contributed by atoms with van der Waals surface area (Å²) in [5.74, 6) is -1.19. The summed E-state index contributed by atoms with van der Waals surface area (Å²) < 4.78 is 47.6. The Kier molecular flexibility index (Phi) is 7.60. The number of nitrogens with zero attached hydrogens (tertiary/aromatic N) is 3. The molecule has 0 aliphatic carbocycles. The number of anilines is 1. The lowest BCUT2D eigenvalue weighted by atomic mass is 10.0. The maximum Gasteiger partial charge on any atom is 0.419 e. The Hall–Kier alpha value is -3.35. The quantitative estimate of drug-likeness (QED) is 0.322. The van der Waals surface area contributed by atoms with E-state index in [1.165, 1.54) is 18.3 Å². The number of aromatic carboxylic acids is 1. The molecule has 1 fully saturated rings. The van der Waals surface area contributed by atoms with Gasteiger partial charge in [0.05, 0.1) is 21.2 Å². The molecule has 1 aliphatic rings. The third-order valence-electron chi connectivity index (χ3n) is 6.03. The van der Waals surface area contributed by atoms with Gasteiger partial charge in [0.2, 0.25) is 5.95 Å². The average Bonchev–Trinajstić information content (AvgIpc) is 3.10. The zero-order valence-corrected chi connectivity index (χ0v) is 22.5. The van der Waals surface area contributed by atoms with Crippen LogP contribution in [0, 0.1) is 0 Å². The largest absolute Gasteiger partial charge is 0.478 e. The van der Waals surface area contributed by atoms with E-state index in [4.69, 9.17) is 4.74 Å². The summed E-state index contributed by atoms with van der Waals surface area (Å²) in [6.45, 7) is 6.13. The third-order valence-corrected chi connectivity index (χ3v) is 6.85. The molecule has 3 aromatic rings. The normalized spacial score (nSPS) is 16.8. The van der Waals surface area contributed by atoms with E-state index in [0.29, 0.717) is 23.9 Å². The van der Waals surface area contributed by atoms with Crippen LogP contribution in [0.3, 0.4) is 0 Å². The lowest BCUT2D eigenvalue weighted by molar-refractivity contribution is -0.137. The van der Waals surface area contributed by atoms with Gasteiger partial charge in [-0.1, -0.05) is 6.07 Å². The number of aromatic amines is 1. The number of carboxylic acids is 1. The molecule has 9 nitrogen and oxygen atoms in total. The summed E-state index contributed by atoms with van der Waals surface area (Å²) in [5.41, 5.74) is -1.59. The number of aromatic nitrogens is 3. The topological polar surface area (TPSA) is 120 Å². The average molecular weight is 598 g/mol. The number of carbonyl (C=O) groups excluding carboxylic acids is 1. The molecule has 0 radical (unpaired) electrons. The Bertz CT molecular complexity index is 1370. The van der Waals surface area contributed by atoms with Gasteiger partial charge in [-0.15, -0.1) is 0 Å². The predicted octanol–water partition coefficient (Wildman–Crippen LogP) is 6.31. The van der Waals surface area contributed by atoms with Crippen molar-refractivity contribution in [3.05, 3.63) is 40.1 Å². The number of rotatable bonds is 4. The second kappa shape index (κ2) is 10.4. The van der Waals surface area contributed by atoms with Gasteiger partial charge in [0.15, 0.2) is 0 Å². The maximum absolute atomic E-state index is 14.0. The molecule has 1 aliphatic heterocycles. The maximum atomic E-state index is 14.0. The highest BCUT2D eigenvalue weighted by Gasteiger charge is 2.36. The van der Waals surface area contributed by atoms with E-state index in [0.717, 1.165) is 19.0 Å². The first-order valence-corrected chi connectivity index (χ1v) is 12.8. The molecule has 0 unspecified atom stereocenters. The van der Waals surface area contributed by atoms with Gasteiger partial charge in [-0.05, 0) is 62.0 Å². The monoisotopic (exact) mass is 597 g/mol. The SMILES string of the molecule is CC(C)(C)OC(=O)N1CCCC[C@H](Nc2ncc(C(F)(F)F)c(-c3c[nH]c4c(Br)c(C(=O)O)ccc34)n2)C1. The van der Waals surface area contributed by atoms with Crippen molar-refractivity contribution < 1.29 is 32.6 Å². The van der Waals surface area contributed by atoms with Crippen LogP contribution < -0.4 is 5.32 Å². The van der Waals surface area contributed by atoms with E-state index in [-0.39, 0.29) is 39.8 Å². The van der Waals surface area contributed by atoms with Crippen LogP contribution in [0.2, 0.25) is 0 Å². The first kappa shape index (κ1) is 27.7. The summed E-state index contributed by atoms with van der Waals surface area (Å²) in [4.78, 5) is 36.7. The van der Waals surface area contributed by atoms with Gasteiger partial charge in [0.25, 0.3) is 0 Å². The van der Waals surface area contributed by atoms with Crippen LogP contribution in [-0.2, 0) is 10.9 Å². The number of benzene rings is 1. The Labute approximate surface area is 224 Å². The van der Waals surface area contributed by atoms with Gasteiger partial charge >= 0.3 is 18.2 Å². The molecular weight excluding hydrogens is 571 g/mol. The lowest BCUT2D eigenvalue weighted by Crippen LogP contribution is -2.42. The van der Waals surface area contributed by atoms with Gasteiger partial charge in [-0.2, -0.15) is 13.2 Å². The molecule has 4 rings (SSSR count). The number of halogens is 4. The molecule has 0 spiro atoms. The van der Waals surface area contributed by atoms with Crippen molar-refractivity contribution in [2.45, 2.75) is 57.9 Å². The van der Waals surface area contributed by atoms with E-state index in [1.807, 2.05) is 0 Å². The Morgan fingerprint density at radius 1 is 1.24 bits per heavy atom. The highest BCUT2D eigenvalue weighted by Crippen LogP contribution is 2.40. The van der Waals surface area contributed by atoms with E-state index in [9.17, 15) is 27.9 Å². The summed E-state index contributed by atoms with van der Waals surface area (Å²) >= 11 is 3.23. The number of fused-ring (bicyclic) bond motifs is 1. The fourth-order valence-electron chi connectivity index (χ4n) is 4.32. The number of alkyl halides is 3. The van der Waals surface area contributed by atoms with Crippen LogP contribution in [0.4, 0.5) is 23.9 Å². The molecule has 1 aromatic carbocycles. The molecule has 0 saturated carbocycles. The molecule has 0 bridgehead atoms. The van der Waals surface area contributed by atoms with Gasteiger partial charge in [0, 0.05) is 42.5 Å². The Morgan fingerprint density at radius 3 is 2.63 bits per heavy atom. The molecule has 204 valence electrons. The highest BCUT2D eigenvalue weighted by atomic mass is 79.9. The Balaban J connectivity index is 1.68. The molecule has 1 atom stereocenters. The number of ether oxygens (including phenoxy) is 1. The van der Waals surface area contributed by atoms with Gasteiger partial charge in [0.1, 0.15) is 11.2 Å². The number of carboxylic acid groups (broad SMARTS) is 1. The number of amides is 1. The smallest absolute Gasteiger partial charge is 0.419 e. The van der Waals surface area contributed by atoms with Crippen molar-refractivity contribution in [1.82, 2.24) is 19.9 Å². The fourth-order valence-corrected chi connectivity index (χ4v) is 4.95. The fraction of sp³-hybridized carbons (Fsp3) is 0.440. The number of nitrogens with one attached hydrogen (secondary N) is 2. The van der Waals surface area contributed by atoms with E-state index < -0.39 is 29.4 Å². The molecule has 1 saturated heterocycles. The summed E-state index contributed by atoms with van der Waals surface area (Å²) in [6.07, 6.45) is -0.871. The Morgan fingerprint density at radius 2 is 1.97 bits per heavy atom. The predicted molar refractivity (Wildman–Crippen MR) is 138 cm³/mol. The number of H-pyrrole nitrogens is 1. The van der Waals surface area contributed by atoms with Crippen LogP contribution in [0.5, 0.6) is 0 Å². The van der Waals surface area contributed by atoms with Crippen molar-refractivity contribution in [2.24, 2.45) is 0 Å².